The molecule has 2 aromatic rings. The van der Waals surface area contributed by atoms with E-state index in [0.717, 1.165) is 57.9 Å². The van der Waals surface area contributed by atoms with Crippen LogP contribution in [0.25, 0.3) is 0 Å². The average Bonchev–Trinajstić information content (AvgIpc) is 2.73. The summed E-state index contributed by atoms with van der Waals surface area (Å²) in [6, 6.07) is 14.1. The van der Waals surface area contributed by atoms with Crippen molar-refractivity contribution < 1.29 is 9.53 Å². The van der Waals surface area contributed by atoms with Crippen molar-refractivity contribution in [1.82, 2.24) is 15.2 Å². The lowest BCUT2D eigenvalue weighted by molar-refractivity contribution is 0.0383. The van der Waals surface area contributed by atoms with Crippen LogP contribution in [-0.2, 0) is 11.2 Å². The Bertz CT molecular complexity index is 685. The van der Waals surface area contributed by atoms with Gasteiger partial charge in [0.15, 0.2) is 0 Å². The van der Waals surface area contributed by atoms with E-state index in [0.29, 0.717) is 12.2 Å². The van der Waals surface area contributed by atoms with E-state index in [4.69, 9.17) is 4.74 Å². The van der Waals surface area contributed by atoms with E-state index >= 15 is 0 Å². The molecule has 2 heterocycles. The molecule has 1 aliphatic rings. The van der Waals surface area contributed by atoms with Gasteiger partial charge in [-0.2, -0.15) is 0 Å². The Morgan fingerprint density at radius 3 is 2.63 bits per heavy atom. The molecule has 3 rings (SSSR count). The van der Waals surface area contributed by atoms with Gasteiger partial charge >= 0.3 is 0 Å². The maximum Gasteiger partial charge on any atom is 0.269 e. The molecule has 1 fully saturated rings. The second-order valence-corrected chi connectivity index (χ2v) is 6.66. The van der Waals surface area contributed by atoms with Gasteiger partial charge in [0.05, 0.1) is 25.1 Å². The number of aromatic nitrogens is 1. The molecule has 1 aromatic carbocycles. The molecule has 1 amide bonds. The summed E-state index contributed by atoms with van der Waals surface area (Å²) in [5.74, 6) is -0.126. The van der Waals surface area contributed by atoms with Crippen LogP contribution in [0, 0.1) is 0 Å². The number of rotatable bonds is 9. The van der Waals surface area contributed by atoms with E-state index in [1.54, 1.807) is 12.3 Å². The summed E-state index contributed by atoms with van der Waals surface area (Å²) in [4.78, 5) is 18.7. The van der Waals surface area contributed by atoms with Gasteiger partial charge in [-0.1, -0.05) is 30.3 Å². The minimum atomic E-state index is -0.126. The molecule has 144 valence electrons. The average molecular weight is 368 g/mol. The first-order chi connectivity index (χ1) is 13.3. The number of nitrogens with one attached hydrogen (secondary N) is 2. The molecule has 0 atom stereocenters. The Balaban J connectivity index is 1.34. The third-order valence-corrected chi connectivity index (χ3v) is 4.63. The first-order valence-corrected chi connectivity index (χ1v) is 9.63. The van der Waals surface area contributed by atoms with Gasteiger partial charge in [-0.25, -0.2) is 4.98 Å². The molecule has 2 N–H and O–H groups in total. The van der Waals surface area contributed by atoms with Crippen molar-refractivity contribution in [2.24, 2.45) is 0 Å². The first kappa shape index (κ1) is 19.3. The van der Waals surface area contributed by atoms with Gasteiger partial charge in [0.2, 0.25) is 0 Å². The fourth-order valence-corrected chi connectivity index (χ4v) is 3.05. The summed E-state index contributed by atoms with van der Waals surface area (Å²) >= 11 is 0. The van der Waals surface area contributed by atoms with E-state index in [1.807, 2.05) is 12.1 Å². The SMILES string of the molecule is O=C(NCCN1CCOCC1)c1ccc(NCCCc2ccccc2)cn1. The van der Waals surface area contributed by atoms with Crippen molar-refractivity contribution in [2.45, 2.75) is 12.8 Å². The van der Waals surface area contributed by atoms with Crippen LogP contribution in [0.2, 0.25) is 0 Å². The highest BCUT2D eigenvalue weighted by Crippen LogP contribution is 2.08. The molecule has 1 aromatic heterocycles. The van der Waals surface area contributed by atoms with E-state index in [-0.39, 0.29) is 5.91 Å². The summed E-state index contributed by atoms with van der Waals surface area (Å²) < 4.78 is 5.32. The highest BCUT2D eigenvalue weighted by Gasteiger charge is 2.11. The quantitative estimate of drug-likeness (QED) is 0.664. The van der Waals surface area contributed by atoms with Crippen molar-refractivity contribution in [3.05, 3.63) is 59.9 Å². The van der Waals surface area contributed by atoms with Gasteiger partial charge in [0.1, 0.15) is 5.69 Å². The van der Waals surface area contributed by atoms with Gasteiger partial charge in [-0.3, -0.25) is 9.69 Å². The number of anilines is 1. The summed E-state index contributed by atoms with van der Waals surface area (Å²) in [5, 5.41) is 6.29. The largest absolute Gasteiger partial charge is 0.384 e. The van der Waals surface area contributed by atoms with Crippen molar-refractivity contribution >= 4 is 11.6 Å². The van der Waals surface area contributed by atoms with Gasteiger partial charge in [0, 0.05) is 32.7 Å². The number of hydrogen-bond acceptors (Lipinski definition) is 5. The number of ether oxygens (including phenoxy) is 1. The topological polar surface area (TPSA) is 66.5 Å². The van der Waals surface area contributed by atoms with Crippen molar-refractivity contribution in [3.8, 4) is 0 Å². The third kappa shape index (κ3) is 6.66. The summed E-state index contributed by atoms with van der Waals surface area (Å²) in [7, 11) is 0. The molecule has 0 spiro atoms. The molecule has 6 nitrogen and oxygen atoms in total. The number of carbonyl (C=O) groups is 1. The van der Waals surface area contributed by atoms with E-state index < -0.39 is 0 Å². The van der Waals surface area contributed by atoms with Crippen molar-refractivity contribution in [2.75, 3.05) is 51.3 Å². The lowest BCUT2D eigenvalue weighted by Crippen LogP contribution is -2.41. The van der Waals surface area contributed by atoms with Crippen LogP contribution >= 0.6 is 0 Å². The second kappa shape index (κ2) is 10.6. The Kier molecular flexibility index (Phi) is 7.62. The molecule has 27 heavy (non-hydrogen) atoms. The molecule has 0 radical (unpaired) electrons. The minimum absolute atomic E-state index is 0.126. The number of pyridine rings is 1. The third-order valence-electron chi connectivity index (χ3n) is 4.63. The molecular formula is C21H28N4O2. The zero-order valence-corrected chi connectivity index (χ0v) is 15.7. The van der Waals surface area contributed by atoms with Crippen LogP contribution in [-0.4, -0.2) is 61.7 Å². The number of morpholine rings is 1. The summed E-state index contributed by atoms with van der Waals surface area (Å²) in [5.41, 5.74) is 2.74. The maximum absolute atomic E-state index is 12.2. The van der Waals surface area contributed by atoms with Gasteiger partial charge in [-0.05, 0) is 30.5 Å². The van der Waals surface area contributed by atoms with Crippen LogP contribution in [0.5, 0.6) is 0 Å². The fourth-order valence-electron chi connectivity index (χ4n) is 3.05. The number of amides is 1. The second-order valence-electron chi connectivity index (χ2n) is 6.66. The maximum atomic E-state index is 12.2. The van der Waals surface area contributed by atoms with Crippen LogP contribution < -0.4 is 10.6 Å². The normalized spacial score (nSPS) is 14.7. The molecule has 0 unspecified atom stereocenters. The zero-order valence-electron chi connectivity index (χ0n) is 15.7. The number of aryl methyl sites for hydroxylation is 1. The molecule has 1 aliphatic heterocycles. The molecule has 1 saturated heterocycles. The molecule has 0 saturated carbocycles. The van der Waals surface area contributed by atoms with Crippen LogP contribution in [0.3, 0.4) is 0 Å². The number of hydrogen-bond donors (Lipinski definition) is 2. The Labute approximate surface area is 160 Å². The summed E-state index contributed by atoms with van der Waals surface area (Å²) in [6.45, 7) is 5.75. The Hall–Kier alpha value is -2.44. The minimum Gasteiger partial charge on any atom is -0.384 e. The highest BCUT2D eigenvalue weighted by atomic mass is 16.5. The fraction of sp³-hybridized carbons (Fsp3) is 0.429. The van der Waals surface area contributed by atoms with Crippen LogP contribution in [0.1, 0.15) is 22.5 Å². The monoisotopic (exact) mass is 368 g/mol. The predicted molar refractivity (Wildman–Crippen MR) is 107 cm³/mol. The molecular weight excluding hydrogens is 340 g/mol. The van der Waals surface area contributed by atoms with Gasteiger partial charge < -0.3 is 15.4 Å². The van der Waals surface area contributed by atoms with Gasteiger partial charge in [0.25, 0.3) is 5.91 Å². The molecule has 0 bridgehead atoms. The van der Waals surface area contributed by atoms with Gasteiger partial charge in [-0.15, -0.1) is 0 Å². The van der Waals surface area contributed by atoms with E-state index in [1.165, 1.54) is 5.56 Å². The van der Waals surface area contributed by atoms with Crippen molar-refractivity contribution in [1.29, 1.82) is 0 Å². The molecule has 6 heteroatoms. The molecule has 0 aliphatic carbocycles. The highest BCUT2D eigenvalue weighted by molar-refractivity contribution is 5.92. The lowest BCUT2D eigenvalue weighted by atomic mass is 10.1. The van der Waals surface area contributed by atoms with Crippen LogP contribution in [0.15, 0.2) is 48.7 Å². The van der Waals surface area contributed by atoms with E-state index in [9.17, 15) is 4.79 Å². The number of nitrogens with zero attached hydrogens (tertiary/aromatic N) is 2. The lowest BCUT2D eigenvalue weighted by Gasteiger charge is -2.26. The smallest absolute Gasteiger partial charge is 0.269 e. The number of carbonyl (C=O) groups excluding carboxylic acids is 1. The summed E-state index contributed by atoms with van der Waals surface area (Å²) in [6.07, 6.45) is 3.82. The Morgan fingerprint density at radius 2 is 1.89 bits per heavy atom. The standard InChI is InChI=1S/C21H28N4O2/c26-21(23-11-12-25-13-15-27-16-14-25)20-9-8-19(17-24-20)22-10-4-7-18-5-2-1-3-6-18/h1-3,5-6,8-9,17,22H,4,7,10-16H2,(H,23,26). The first-order valence-electron chi connectivity index (χ1n) is 9.63. The van der Waals surface area contributed by atoms with E-state index in [2.05, 4.69) is 44.8 Å². The number of benzene rings is 1. The van der Waals surface area contributed by atoms with Crippen molar-refractivity contribution in [3.63, 3.8) is 0 Å². The zero-order chi connectivity index (χ0) is 18.7. The predicted octanol–water partition coefficient (Wildman–Crippen LogP) is 2.19. The Morgan fingerprint density at radius 1 is 1.07 bits per heavy atom. The van der Waals surface area contributed by atoms with Crippen LogP contribution in [0.4, 0.5) is 5.69 Å².